The SMILES string of the molecule is CC1c2ccc(-c3ccc4c(c3)c3ccccc3n4-c3cc(-c4cccc5c4oc4ccccc45)c4sc5ccccc5c4c3)cc2-c2ccccc2C1c1ccccc1. The molecule has 282 valence electrons. The summed E-state index contributed by atoms with van der Waals surface area (Å²) in [5.74, 6) is 0.676. The highest BCUT2D eigenvalue weighted by atomic mass is 32.1. The molecule has 0 aliphatic heterocycles. The van der Waals surface area contributed by atoms with E-state index in [0.29, 0.717) is 11.8 Å². The van der Waals surface area contributed by atoms with E-state index in [-0.39, 0.29) is 0 Å². The van der Waals surface area contributed by atoms with E-state index in [4.69, 9.17) is 4.42 Å². The van der Waals surface area contributed by atoms with E-state index >= 15 is 0 Å². The van der Waals surface area contributed by atoms with Crippen molar-refractivity contribution < 1.29 is 4.42 Å². The summed E-state index contributed by atoms with van der Waals surface area (Å²) < 4.78 is 11.7. The summed E-state index contributed by atoms with van der Waals surface area (Å²) >= 11 is 1.86. The van der Waals surface area contributed by atoms with Gasteiger partial charge < -0.3 is 8.98 Å². The van der Waals surface area contributed by atoms with Gasteiger partial charge in [-0.25, -0.2) is 0 Å². The second kappa shape index (κ2) is 12.9. The highest BCUT2D eigenvalue weighted by Crippen LogP contribution is 2.51. The van der Waals surface area contributed by atoms with Crippen molar-refractivity contribution in [3.8, 4) is 39.1 Å². The summed E-state index contributed by atoms with van der Waals surface area (Å²) in [4.78, 5) is 0. The molecule has 0 fully saturated rings. The molecule has 0 spiro atoms. The summed E-state index contributed by atoms with van der Waals surface area (Å²) in [6.45, 7) is 2.39. The third-order valence-corrected chi connectivity index (χ3v) is 14.4. The molecule has 2 unspecified atom stereocenters. The molecule has 0 radical (unpaired) electrons. The van der Waals surface area contributed by atoms with E-state index in [2.05, 4.69) is 206 Å². The van der Waals surface area contributed by atoms with Gasteiger partial charge in [0.2, 0.25) is 0 Å². The number of furan rings is 1. The van der Waals surface area contributed by atoms with Crippen molar-refractivity contribution in [2.75, 3.05) is 0 Å². The molecule has 0 N–H and O–H groups in total. The molecular weight excluding hydrogens is 747 g/mol. The number of para-hydroxylation sites is 3. The number of rotatable bonds is 4. The lowest BCUT2D eigenvalue weighted by atomic mass is 9.69. The van der Waals surface area contributed by atoms with Crippen molar-refractivity contribution in [1.82, 2.24) is 4.57 Å². The summed E-state index contributed by atoms with van der Waals surface area (Å²) in [6, 6.07) is 71.7. The number of fused-ring (bicyclic) bond motifs is 12. The van der Waals surface area contributed by atoms with Gasteiger partial charge in [0.25, 0.3) is 0 Å². The quantitative estimate of drug-likeness (QED) is 0.174. The van der Waals surface area contributed by atoms with Crippen LogP contribution in [0.5, 0.6) is 0 Å². The van der Waals surface area contributed by atoms with Crippen LogP contribution in [0, 0.1) is 0 Å². The molecule has 2 nitrogen and oxygen atoms in total. The Labute approximate surface area is 351 Å². The summed E-state index contributed by atoms with van der Waals surface area (Å²) in [7, 11) is 0. The monoisotopic (exact) mass is 783 g/mol. The van der Waals surface area contributed by atoms with Crippen LogP contribution in [-0.4, -0.2) is 4.57 Å². The Morgan fingerprint density at radius 1 is 0.450 bits per heavy atom. The fraction of sp³-hybridized carbons (Fsp3) is 0.0526. The Kier molecular flexibility index (Phi) is 7.25. The first-order valence-corrected chi connectivity index (χ1v) is 21.7. The molecule has 2 atom stereocenters. The molecule has 1 aliphatic rings. The van der Waals surface area contributed by atoms with Gasteiger partial charge in [0.1, 0.15) is 11.2 Å². The largest absolute Gasteiger partial charge is 0.455 e. The minimum atomic E-state index is 0.321. The van der Waals surface area contributed by atoms with Gasteiger partial charge in [0.05, 0.1) is 11.0 Å². The minimum Gasteiger partial charge on any atom is -0.455 e. The molecule has 0 saturated heterocycles. The maximum atomic E-state index is 6.67. The van der Waals surface area contributed by atoms with Crippen LogP contribution in [0.3, 0.4) is 0 Å². The van der Waals surface area contributed by atoms with Crippen molar-refractivity contribution in [1.29, 1.82) is 0 Å². The third-order valence-electron chi connectivity index (χ3n) is 13.2. The molecule has 3 aromatic heterocycles. The smallest absolute Gasteiger partial charge is 0.143 e. The first kappa shape index (κ1) is 33.7. The van der Waals surface area contributed by atoms with Gasteiger partial charge >= 0.3 is 0 Å². The molecule has 3 heteroatoms. The number of hydrogen-bond donors (Lipinski definition) is 0. The Balaban J connectivity index is 1.01. The van der Waals surface area contributed by atoms with Gasteiger partial charge in [0.15, 0.2) is 0 Å². The summed E-state index contributed by atoms with van der Waals surface area (Å²) in [6.07, 6.45) is 0. The zero-order valence-electron chi connectivity index (χ0n) is 32.9. The lowest BCUT2D eigenvalue weighted by Crippen LogP contribution is -2.16. The van der Waals surface area contributed by atoms with E-state index in [1.165, 1.54) is 86.5 Å². The lowest BCUT2D eigenvalue weighted by Gasteiger charge is -2.34. The first-order valence-electron chi connectivity index (χ1n) is 20.9. The molecule has 60 heavy (non-hydrogen) atoms. The lowest BCUT2D eigenvalue weighted by molar-refractivity contribution is 0.649. The molecule has 0 bridgehead atoms. The average molecular weight is 784 g/mol. The molecule has 0 amide bonds. The number of thiophene rings is 1. The topological polar surface area (TPSA) is 18.1 Å². The molecule has 1 aliphatic carbocycles. The Hall–Kier alpha value is -7.20. The van der Waals surface area contributed by atoms with Crippen molar-refractivity contribution in [3.05, 3.63) is 211 Å². The predicted molar refractivity (Wildman–Crippen MR) is 254 cm³/mol. The van der Waals surface area contributed by atoms with Gasteiger partial charge in [-0.2, -0.15) is 0 Å². The Morgan fingerprint density at radius 2 is 1.15 bits per heavy atom. The van der Waals surface area contributed by atoms with Gasteiger partial charge in [-0.3, -0.25) is 0 Å². The average Bonchev–Trinajstić information content (AvgIpc) is 3.99. The maximum Gasteiger partial charge on any atom is 0.143 e. The number of hydrogen-bond acceptors (Lipinski definition) is 2. The van der Waals surface area contributed by atoms with E-state index in [1.807, 2.05) is 11.3 Å². The standard InChI is InChI=1S/C57H37NOS/c1-34-39-28-26-36(30-47(39)40-16-5-6-20-44(40)55(34)35-14-3-2-4-15-35)37-27-29-52-48(31-37)41-17-7-10-23-51(41)58(52)38-32-49-43-19-9-12-25-54(43)60-57(49)50(33-38)46-22-13-21-45-42-18-8-11-24-53(42)59-56(45)46/h2-34,55H,1H3. The van der Waals surface area contributed by atoms with Gasteiger partial charge in [-0.15, -0.1) is 11.3 Å². The highest BCUT2D eigenvalue weighted by Gasteiger charge is 2.32. The van der Waals surface area contributed by atoms with Crippen LogP contribution >= 0.6 is 11.3 Å². The van der Waals surface area contributed by atoms with Crippen LogP contribution in [0.25, 0.3) is 103 Å². The minimum absolute atomic E-state index is 0.321. The Bertz CT molecular complexity index is 3700. The van der Waals surface area contributed by atoms with Gasteiger partial charge in [0, 0.05) is 64.4 Å². The molecule has 0 saturated carbocycles. The first-order chi connectivity index (χ1) is 29.7. The van der Waals surface area contributed by atoms with E-state index in [0.717, 1.165) is 33.2 Å². The second-order valence-electron chi connectivity index (χ2n) is 16.4. The zero-order chi connectivity index (χ0) is 39.5. The molecular formula is C57H37NOS. The molecule has 3 heterocycles. The van der Waals surface area contributed by atoms with Crippen molar-refractivity contribution in [2.45, 2.75) is 18.8 Å². The maximum absolute atomic E-state index is 6.67. The van der Waals surface area contributed by atoms with Crippen LogP contribution < -0.4 is 0 Å². The third kappa shape index (κ3) is 4.87. The van der Waals surface area contributed by atoms with Gasteiger partial charge in [-0.05, 0) is 93.4 Å². The summed E-state index contributed by atoms with van der Waals surface area (Å²) in [5, 5.41) is 7.31. The van der Waals surface area contributed by atoms with Crippen LogP contribution in [0.4, 0.5) is 0 Å². The van der Waals surface area contributed by atoms with E-state index in [1.54, 1.807) is 0 Å². The fourth-order valence-electron chi connectivity index (χ4n) is 10.5. The molecule has 12 aromatic rings. The van der Waals surface area contributed by atoms with Gasteiger partial charge in [-0.1, -0.05) is 153 Å². The van der Waals surface area contributed by atoms with Crippen LogP contribution in [0.1, 0.15) is 35.4 Å². The van der Waals surface area contributed by atoms with E-state index in [9.17, 15) is 0 Å². The second-order valence-corrected chi connectivity index (χ2v) is 17.5. The summed E-state index contributed by atoms with van der Waals surface area (Å²) in [5.41, 5.74) is 17.0. The highest BCUT2D eigenvalue weighted by molar-refractivity contribution is 7.26. The Morgan fingerprint density at radius 3 is 2.07 bits per heavy atom. The van der Waals surface area contributed by atoms with Crippen molar-refractivity contribution >= 4 is 75.3 Å². The number of nitrogens with zero attached hydrogens (tertiary/aromatic N) is 1. The van der Waals surface area contributed by atoms with Crippen LogP contribution in [0.15, 0.2) is 199 Å². The molecule has 9 aromatic carbocycles. The fourth-order valence-corrected chi connectivity index (χ4v) is 11.7. The van der Waals surface area contributed by atoms with Crippen LogP contribution in [-0.2, 0) is 0 Å². The normalized spacial score (nSPS) is 15.1. The van der Waals surface area contributed by atoms with E-state index < -0.39 is 0 Å². The number of benzene rings is 9. The number of aromatic nitrogens is 1. The van der Waals surface area contributed by atoms with Crippen molar-refractivity contribution in [3.63, 3.8) is 0 Å². The van der Waals surface area contributed by atoms with Crippen LogP contribution in [0.2, 0.25) is 0 Å². The zero-order valence-corrected chi connectivity index (χ0v) is 33.7. The predicted octanol–water partition coefficient (Wildman–Crippen LogP) is 16.3. The molecule has 13 rings (SSSR count). The van der Waals surface area contributed by atoms with Crippen molar-refractivity contribution in [2.24, 2.45) is 0 Å².